The van der Waals surface area contributed by atoms with E-state index in [1.165, 1.54) is 45.2 Å². The number of likely N-dealkylation sites (tertiary alicyclic amines) is 1. The molecule has 1 fully saturated rings. The predicted octanol–water partition coefficient (Wildman–Crippen LogP) is 2.87. The fraction of sp³-hybridized carbons (Fsp3) is 1.00. The third-order valence-corrected chi connectivity index (χ3v) is 4.01. The maximum atomic E-state index is 5.62. The molecule has 0 aromatic carbocycles. The van der Waals surface area contributed by atoms with Crippen molar-refractivity contribution >= 4 is 0 Å². The molecule has 0 aromatic heterocycles. The molecule has 0 amide bonds. The summed E-state index contributed by atoms with van der Waals surface area (Å²) in [5.74, 6) is 1.75. The van der Waals surface area contributed by atoms with Crippen LogP contribution in [-0.2, 0) is 0 Å². The highest BCUT2D eigenvalue weighted by Crippen LogP contribution is 2.23. The Kier molecular flexibility index (Phi) is 6.37. The Morgan fingerprint density at radius 3 is 2.25 bits per heavy atom. The minimum absolute atomic E-state index is 0.779. The number of rotatable bonds is 6. The van der Waals surface area contributed by atoms with E-state index in [1.807, 2.05) is 0 Å². The van der Waals surface area contributed by atoms with Crippen molar-refractivity contribution in [2.45, 2.75) is 58.9 Å². The van der Waals surface area contributed by atoms with Crippen LogP contribution in [0.4, 0.5) is 0 Å². The van der Waals surface area contributed by atoms with Crippen molar-refractivity contribution in [3.8, 4) is 0 Å². The Morgan fingerprint density at radius 1 is 1.12 bits per heavy atom. The molecule has 1 saturated heterocycles. The first kappa shape index (κ1) is 14.0. The minimum atomic E-state index is 0.779. The van der Waals surface area contributed by atoms with Gasteiger partial charge in [-0.2, -0.15) is 0 Å². The molecule has 0 bridgehead atoms. The van der Waals surface area contributed by atoms with Gasteiger partial charge in [-0.3, -0.25) is 0 Å². The van der Waals surface area contributed by atoms with Gasteiger partial charge in [0.1, 0.15) is 0 Å². The maximum absolute atomic E-state index is 5.62. The molecule has 0 aliphatic carbocycles. The lowest BCUT2D eigenvalue weighted by atomic mass is 9.92. The number of piperidine rings is 1. The van der Waals surface area contributed by atoms with Gasteiger partial charge in [-0.25, -0.2) is 0 Å². The zero-order chi connectivity index (χ0) is 12.0. The van der Waals surface area contributed by atoms with Crippen LogP contribution in [0.15, 0.2) is 0 Å². The number of hydrogen-bond acceptors (Lipinski definition) is 2. The molecule has 1 unspecified atom stereocenters. The van der Waals surface area contributed by atoms with Gasteiger partial charge in [0.05, 0.1) is 0 Å². The zero-order valence-corrected chi connectivity index (χ0v) is 11.4. The van der Waals surface area contributed by atoms with Crippen LogP contribution in [0.2, 0.25) is 0 Å². The predicted molar refractivity (Wildman–Crippen MR) is 71.5 cm³/mol. The third kappa shape index (κ3) is 4.84. The summed E-state index contributed by atoms with van der Waals surface area (Å²) in [7, 11) is 0. The summed E-state index contributed by atoms with van der Waals surface area (Å²) >= 11 is 0. The largest absolute Gasteiger partial charge is 0.330 e. The molecule has 0 aromatic rings. The van der Waals surface area contributed by atoms with E-state index < -0.39 is 0 Å². The number of nitrogens with two attached hydrogens (primary N) is 1. The van der Waals surface area contributed by atoms with Gasteiger partial charge >= 0.3 is 0 Å². The third-order valence-electron chi connectivity index (χ3n) is 4.01. The van der Waals surface area contributed by atoms with Gasteiger partial charge in [0, 0.05) is 6.04 Å². The van der Waals surface area contributed by atoms with Crippen LogP contribution in [0.3, 0.4) is 0 Å². The minimum Gasteiger partial charge on any atom is -0.330 e. The van der Waals surface area contributed by atoms with E-state index in [4.69, 9.17) is 5.73 Å². The van der Waals surface area contributed by atoms with Gasteiger partial charge in [0.25, 0.3) is 0 Å². The Labute approximate surface area is 102 Å². The lowest BCUT2D eigenvalue weighted by Crippen LogP contribution is -2.40. The van der Waals surface area contributed by atoms with Crippen molar-refractivity contribution in [3.05, 3.63) is 0 Å². The van der Waals surface area contributed by atoms with E-state index in [0.29, 0.717) is 0 Å². The second kappa shape index (κ2) is 7.29. The van der Waals surface area contributed by atoms with E-state index in [1.54, 1.807) is 0 Å². The van der Waals surface area contributed by atoms with E-state index in [2.05, 4.69) is 25.7 Å². The van der Waals surface area contributed by atoms with E-state index in [9.17, 15) is 0 Å². The summed E-state index contributed by atoms with van der Waals surface area (Å²) in [6.45, 7) is 10.5. The summed E-state index contributed by atoms with van der Waals surface area (Å²) in [5.41, 5.74) is 5.62. The van der Waals surface area contributed by atoms with Gasteiger partial charge in [-0.05, 0) is 70.5 Å². The van der Waals surface area contributed by atoms with Crippen molar-refractivity contribution < 1.29 is 0 Å². The quantitative estimate of drug-likeness (QED) is 0.754. The Balaban J connectivity index is 2.19. The highest BCUT2D eigenvalue weighted by Gasteiger charge is 2.21. The first-order valence-corrected chi connectivity index (χ1v) is 7.07. The van der Waals surface area contributed by atoms with Crippen LogP contribution < -0.4 is 5.73 Å². The van der Waals surface area contributed by atoms with Gasteiger partial charge in [0.15, 0.2) is 0 Å². The van der Waals surface area contributed by atoms with Crippen LogP contribution in [-0.4, -0.2) is 30.6 Å². The van der Waals surface area contributed by atoms with Crippen LogP contribution in [0.1, 0.15) is 52.9 Å². The molecule has 0 saturated carbocycles. The molecule has 16 heavy (non-hydrogen) atoms. The molecule has 2 heteroatoms. The fourth-order valence-electron chi connectivity index (χ4n) is 2.68. The molecule has 0 spiro atoms. The molecular formula is C14H30N2. The van der Waals surface area contributed by atoms with Gasteiger partial charge in [-0.15, -0.1) is 0 Å². The van der Waals surface area contributed by atoms with E-state index in [0.717, 1.165) is 24.4 Å². The maximum Gasteiger partial charge on any atom is 0.00670 e. The van der Waals surface area contributed by atoms with Crippen LogP contribution in [0.5, 0.6) is 0 Å². The molecule has 1 atom stereocenters. The monoisotopic (exact) mass is 226 g/mol. The zero-order valence-electron chi connectivity index (χ0n) is 11.4. The fourth-order valence-corrected chi connectivity index (χ4v) is 2.68. The average Bonchev–Trinajstić information content (AvgIpc) is 2.27. The summed E-state index contributed by atoms with van der Waals surface area (Å²) in [6, 6.07) is 0.779. The first-order valence-electron chi connectivity index (χ1n) is 7.07. The standard InChI is InChI=1S/C14H30N2/c1-12(2)4-5-13(3)16-10-7-14(6-9-15)8-11-16/h12-14H,4-11,15H2,1-3H3. The Bertz CT molecular complexity index is 172. The van der Waals surface area contributed by atoms with Crippen molar-refractivity contribution in [1.82, 2.24) is 4.90 Å². The molecule has 0 radical (unpaired) electrons. The van der Waals surface area contributed by atoms with Gasteiger partial charge < -0.3 is 10.6 Å². The molecular weight excluding hydrogens is 196 g/mol. The Morgan fingerprint density at radius 2 is 1.75 bits per heavy atom. The number of nitrogens with zero attached hydrogens (tertiary/aromatic N) is 1. The van der Waals surface area contributed by atoms with Gasteiger partial charge in [-0.1, -0.05) is 13.8 Å². The lowest BCUT2D eigenvalue weighted by Gasteiger charge is -2.36. The normalized spacial score (nSPS) is 21.6. The van der Waals surface area contributed by atoms with Crippen molar-refractivity contribution in [3.63, 3.8) is 0 Å². The van der Waals surface area contributed by atoms with Crippen molar-refractivity contribution in [1.29, 1.82) is 0 Å². The molecule has 96 valence electrons. The Hall–Kier alpha value is -0.0800. The lowest BCUT2D eigenvalue weighted by molar-refractivity contribution is 0.129. The molecule has 1 rings (SSSR count). The smallest absolute Gasteiger partial charge is 0.00670 e. The van der Waals surface area contributed by atoms with E-state index >= 15 is 0 Å². The molecule has 2 N–H and O–H groups in total. The number of hydrogen-bond donors (Lipinski definition) is 1. The summed E-state index contributed by atoms with van der Waals surface area (Å²) in [6.07, 6.45) is 6.68. The average molecular weight is 226 g/mol. The molecule has 2 nitrogen and oxygen atoms in total. The highest BCUT2D eigenvalue weighted by molar-refractivity contribution is 4.76. The second-order valence-electron chi connectivity index (χ2n) is 5.88. The van der Waals surface area contributed by atoms with Crippen molar-refractivity contribution in [2.24, 2.45) is 17.6 Å². The topological polar surface area (TPSA) is 29.3 Å². The van der Waals surface area contributed by atoms with Crippen LogP contribution in [0.25, 0.3) is 0 Å². The van der Waals surface area contributed by atoms with Gasteiger partial charge in [0.2, 0.25) is 0 Å². The second-order valence-corrected chi connectivity index (χ2v) is 5.88. The van der Waals surface area contributed by atoms with Crippen LogP contribution in [0, 0.1) is 11.8 Å². The first-order chi connectivity index (χ1) is 7.63. The molecule has 1 aliphatic rings. The van der Waals surface area contributed by atoms with E-state index in [-0.39, 0.29) is 0 Å². The molecule has 1 heterocycles. The highest BCUT2D eigenvalue weighted by atomic mass is 15.2. The molecule has 1 aliphatic heterocycles. The summed E-state index contributed by atoms with van der Waals surface area (Å²) < 4.78 is 0. The summed E-state index contributed by atoms with van der Waals surface area (Å²) in [4.78, 5) is 2.68. The summed E-state index contributed by atoms with van der Waals surface area (Å²) in [5, 5.41) is 0. The van der Waals surface area contributed by atoms with Crippen molar-refractivity contribution in [2.75, 3.05) is 19.6 Å². The van der Waals surface area contributed by atoms with Crippen LogP contribution >= 0.6 is 0 Å². The SMILES string of the molecule is CC(C)CCC(C)N1CCC(CCN)CC1.